The first-order chi connectivity index (χ1) is 18.1. The summed E-state index contributed by atoms with van der Waals surface area (Å²) in [5.74, 6) is -2.63. The summed E-state index contributed by atoms with van der Waals surface area (Å²) >= 11 is 0. The van der Waals surface area contributed by atoms with Crippen LogP contribution in [0.4, 0.5) is 19.3 Å². The summed E-state index contributed by atoms with van der Waals surface area (Å²) in [6.45, 7) is 3.39. The number of rotatable bonds is 17. The fourth-order valence-electron chi connectivity index (χ4n) is 3.35. The quantitative estimate of drug-likeness (QED) is 0.281. The third-order valence-corrected chi connectivity index (χ3v) is 5.44. The minimum absolute atomic E-state index is 0.0887. The molecule has 2 amide bonds. The first kappa shape index (κ1) is 30.8. The molecule has 9 nitrogen and oxygen atoms in total. The lowest BCUT2D eigenvalue weighted by Crippen LogP contribution is -2.40. The van der Waals surface area contributed by atoms with Crippen LogP contribution in [0.5, 0.6) is 11.5 Å². The van der Waals surface area contributed by atoms with Crippen molar-refractivity contribution in [3.63, 3.8) is 0 Å². The normalized spacial score (nSPS) is 12.0. The number of halogens is 2. The molecule has 0 saturated heterocycles. The second kappa shape index (κ2) is 15.7. The van der Waals surface area contributed by atoms with E-state index in [4.69, 9.17) is 18.9 Å². The fourth-order valence-corrected chi connectivity index (χ4v) is 3.35. The number of carbonyl (C=O) groups excluding carboxylic acids is 1. The monoisotopic (exact) mass is 538 g/mol. The summed E-state index contributed by atoms with van der Waals surface area (Å²) in [5.41, 5.74) is 1.35. The van der Waals surface area contributed by atoms with Gasteiger partial charge in [-0.05, 0) is 55.8 Å². The molecule has 0 aliphatic rings. The van der Waals surface area contributed by atoms with E-state index in [2.05, 4.69) is 5.32 Å². The molecule has 1 unspecified atom stereocenters. The summed E-state index contributed by atoms with van der Waals surface area (Å²) in [4.78, 5) is 25.6. The van der Waals surface area contributed by atoms with Gasteiger partial charge in [0.1, 0.15) is 18.1 Å². The Bertz CT molecular complexity index is 982. The Balaban J connectivity index is 1.92. The SMILES string of the molecule is CCOC(Cc1ccc(OCCN(CCOCCC(C)(F)F)C(=O)Nc2ccc(OC)cc2)cc1)C(=O)O. The first-order valence-electron chi connectivity index (χ1n) is 12.3. The number of carbonyl (C=O) groups is 2. The number of amides is 2. The van der Waals surface area contributed by atoms with Crippen LogP contribution in [-0.2, 0) is 20.7 Å². The number of carboxylic acids is 1. The molecule has 210 valence electrons. The highest BCUT2D eigenvalue weighted by molar-refractivity contribution is 5.89. The number of alkyl halides is 2. The molecular formula is C27H36F2N2O7. The molecule has 11 heteroatoms. The number of benzene rings is 2. The third kappa shape index (κ3) is 11.7. The fraction of sp³-hybridized carbons (Fsp3) is 0.481. The summed E-state index contributed by atoms with van der Waals surface area (Å²) in [7, 11) is 1.55. The van der Waals surface area contributed by atoms with Crippen molar-refractivity contribution in [2.45, 2.75) is 38.7 Å². The smallest absolute Gasteiger partial charge is 0.333 e. The van der Waals surface area contributed by atoms with Crippen LogP contribution in [0.2, 0.25) is 0 Å². The molecule has 0 bridgehead atoms. The van der Waals surface area contributed by atoms with Crippen LogP contribution in [-0.4, -0.2) is 80.7 Å². The van der Waals surface area contributed by atoms with Crippen LogP contribution in [0.3, 0.4) is 0 Å². The molecule has 2 rings (SSSR count). The van der Waals surface area contributed by atoms with Gasteiger partial charge < -0.3 is 34.3 Å². The molecule has 0 heterocycles. The van der Waals surface area contributed by atoms with E-state index in [9.17, 15) is 23.5 Å². The molecule has 0 spiro atoms. The lowest BCUT2D eigenvalue weighted by atomic mass is 10.1. The lowest BCUT2D eigenvalue weighted by molar-refractivity contribution is -0.149. The number of methoxy groups -OCH3 is 1. The summed E-state index contributed by atoms with van der Waals surface area (Å²) in [6.07, 6.45) is -1.09. The van der Waals surface area contributed by atoms with Crippen LogP contribution in [0.15, 0.2) is 48.5 Å². The Morgan fingerprint density at radius 3 is 2.21 bits per heavy atom. The third-order valence-electron chi connectivity index (χ3n) is 5.44. The van der Waals surface area contributed by atoms with Crippen molar-refractivity contribution in [1.29, 1.82) is 0 Å². The Kier molecular flexibility index (Phi) is 12.7. The number of carboxylic acid groups (broad SMARTS) is 1. The van der Waals surface area contributed by atoms with Crippen LogP contribution in [0.25, 0.3) is 0 Å². The lowest BCUT2D eigenvalue weighted by Gasteiger charge is -2.23. The largest absolute Gasteiger partial charge is 0.497 e. The van der Waals surface area contributed by atoms with Crippen molar-refractivity contribution < 1.29 is 42.4 Å². The summed E-state index contributed by atoms with van der Waals surface area (Å²) in [6, 6.07) is 13.4. The van der Waals surface area contributed by atoms with Gasteiger partial charge in [-0.3, -0.25) is 0 Å². The maximum Gasteiger partial charge on any atom is 0.333 e. The number of ether oxygens (including phenoxy) is 4. The Morgan fingerprint density at radius 1 is 1.00 bits per heavy atom. The van der Waals surface area contributed by atoms with Gasteiger partial charge in [0, 0.05) is 31.7 Å². The Hall–Kier alpha value is -3.44. The molecule has 0 saturated carbocycles. The average molecular weight is 539 g/mol. The number of nitrogens with one attached hydrogen (secondary N) is 1. The van der Waals surface area contributed by atoms with E-state index in [0.29, 0.717) is 23.8 Å². The summed E-state index contributed by atoms with van der Waals surface area (Å²) in [5, 5.41) is 12.0. The van der Waals surface area contributed by atoms with Crippen molar-refractivity contribution in [2.24, 2.45) is 0 Å². The van der Waals surface area contributed by atoms with Gasteiger partial charge in [-0.25, -0.2) is 18.4 Å². The van der Waals surface area contributed by atoms with Gasteiger partial charge in [0.05, 0.1) is 26.9 Å². The second-order valence-electron chi connectivity index (χ2n) is 8.56. The van der Waals surface area contributed by atoms with Crippen molar-refractivity contribution in [1.82, 2.24) is 4.90 Å². The molecule has 0 aromatic heterocycles. The van der Waals surface area contributed by atoms with E-state index in [1.165, 1.54) is 4.90 Å². The molecule has 38 heavy (non-hydrogen) atoms. The van der Waals surface area contributed by atoms with Crippen LogP contribution < -0.4 is 14.8 Å². The molecule has 0 aliphatic heterocycles. The zero-order valence-electron chi connectivity index (χ0n) is 22.0. The number of aliphatic carboxylic acids is 1. The minimum atomic E-state index is -2.81. The molecule has 2 N–H and O–H groups in total. The van der Waals surface area contributed by atoms with Gasteiger partial charge in [-0.1, -0.05) is 12.1 Å². The zero-order chi connectivity index (χ0) is 28.0. The highest BCUT2D eigenvalue weighted by atomic mass is 19.3. The van der Waals surface area contributed by atoms with Crippen molar-refractivity contribution in [2.75, 3.05) is 51.9 Å². The second-order valence-corrected chi connectivity index (χ2v) is 8.56. The van der Waals surface area contributed by atoms with E-state index >= 15 is 0 Å². The van der Waals surface area contributed by atoms with Gasteiger partial charge in [-0.15, -0.1) is 0 Å². The zero-order valence-corrected chi connectivity index (χ0v) is 22.0. The number of nitrogens with zero attached hydrogens (tertiary/aromatic N) is 1. The Labute approximate surface area is 221 Å². The number of hydrogen-bond donors (Lipinski definition) is 2. The van der Waals surface area contributed by atoms with E-state index in [-0.39, 0.29) is 39.3 Å². The van der Waals surface area contributed by atoms with Crippen molar-refractivity contribution in [3.8, 4) is 11.5 Å². The van der Waals surface area contributed by atoms with Gasteiger partial charge in [0.2, 0.25) is 5.92 Å². The van der Waals surface area contributed by atoms with Crippen LogP contribution in [0, 0.1) is 0 Å². The van der Waals surface area contributed by atoms with Crippen molar-refractivity contribution >= 4 is 17.7 Å². The molecule has 1 atom stereocenters. The molecule has 2 aromatic rings. The van der Waals surface area contributed by atoms with Gasteiger partial charge in [0.25, 0.3) is 0 Å². The van der Waals surface area contributed by atoms with Gasteiger partial charge in [-0.2, -0.15) is 0 Å². The molecular weight excluding hydrogens is 502 g/mol. The Morgan fingerprint density at radius 2 is 1.63 bits per heavy atom. The number of urea groups is 1. The summed E-state index contributed by atoms with van der Waals surface area (Å²) < 4.78 is 47.4. The van der Waals surface area contributed by atoms with E-state index < -0.39 is 30.4 Å². The average Bonchev–Trinajstić information content (AvgIpc) is 2.87. The molecule has 0 aliphatic carbocycles. The molecule has 0 fully saturated rings. The maximum absolute atomic E-state index is 13.0. The topological polar surface area (TPSA) is 107 Å². The van der Waals surface area contributed by atoms with E-state index in [1.807, 2.05) is 0 Å². The van der Waals surface area contributed by atoms with E-state index in [1.54, 1.807) is 62.6 Å². The highest BCUT2D eigenvalue weighted by Crippen LogP contribution is 2.18. The van der Waals surface area contributed by atoms with E-state index in [0.717, 1.165) is 12.5 Å². The number of anilines is 1. The maximum atomic E-state index is 13.0. The molecule has 0 radical (unpaired) electrons. The predicted molar refractivity (Wildman–Crippen MR) is 138 cm³/mol. The minimum Gasteiger partial charge on any atom is -0.497 e. The number of hydrogen-bond acceptors (Lipinski definition) is 6. The van der Waals surface area contributed by atoms with Crippen molar-refractivity contribution in [3.05, 3.63) is 54.1 Å². The predicted octanol–water partition coefficient (Wildman–Crippen LogP) is 4.70. The van der Waals surface area contributed by atoms with Gasteiger partial charge >= 0.3 is 12.0 Å². The molecule has 2 aromatic carbocycles. The van der Waals surface area contributed by atoms with Crippen LogP contribution in [0.1, 0.15) is 25.8 Å². The first-order valence-corrected chi connectivity index (χ1v) is 12.3. The van der Waals surface area contributed by atoms with Crippen LogP contribution >= 0.6 is 0 Å². The van der Waals surface area contributed by atoms with Gasteiger partial charge in [0.15, 0.2) is 6.10 Å². The standard InChI is InChI=1S/C27H36F2N2O7/c1-4-37-24(25(32)33)19-20-5-9-23(10-6-20)38-18-15-31(14-17-36-16-13-27(2,28)29)26(34)30-21-7-11-22(35-3)12-8-21/h5-12,24H,4,13-19H2,1-3H3,(H,30,34)(H,32,33). The highest BCUT2D eigenvalue weighted by Gasteiger charge is 2.21.